The number of hydrazine groups is 1. The number of aryl methyl sites for hydroxylation is 1. The second-order valence-corrected chi connectivity index (χ2v) is 7.25. The molecule has 0 aliphatic carbocycles. The Labute approximate surface area is 165 Å². The van der Waals surface area contributed by atoms with E-state index in [-0.39, 0.29) is 18.2 Å². The van der Waals surface area contributed by atoms with Gasteiger partial charge in [-0.3, -0.25) is 20.4 Å². The largest absolute Gasteiger partial charge is 0.356 e. The van der Waals surface area contributed by atoms with E-state index >= 15 is 0 Å². The summed E-state index contributed by atoms with van der Waals surface area (Å²) in [5.41, 5.74) is 9.02. The molecule has 0 saturated carbocycles. The van der Waals surface area contributed by atoms with Crippen LogP contribution in [0, 0.1) is 6.92 Å². The monoisotopic (exact) mass is 391 g/mol. The van der Waals surface area contributed by atoms with Crippen molar-refractivity contribution in [1.29, 1.82) is 0 Å². The zero-order chi connectivity index (χ0) is 19.5. The van der Waals surface area contributed by atoms with Gasteiger partial charge in [0.15, 0.2) is 5.58 Å². The fourth-order valence-corrected chi connectivity index (χ4v) is 3.70. The number of para-hydroxylation sites is 1. The van der Waals surface area contributed by atoms with Gasteiger partial charge in [-0.15, -0.1) is 11.3 Å². The van der Waals surface area contributed by atoms with E-state index in [4.69, 9.17) is 4.52 Å². The number of hydrogen-bond acceptors (Lipinski definition) is 5. The van der Waals surface area contributed by atoms with Gasteiger partial charge < -0.3 is 4.52 Å². The van der Waals surface area contributed by atoms with Gasteiger partial charge in [0.2, 0.25) is 5.91 Å². The van der Waals surface area contributed by atoms with Gasteiger partial charge in [-0.1, -0.05) is 47.1 Å². The second-order valence-electron chi connectivity index (χ2n) is 6.33. The van der Waals surface area contributed by atoms with Crippen LogP contribution in [0.25, 0.3) is 22.1 Å². The Hall–Kier alpha value is -3.45. The van der Waals surface area contributed by atoms with Gasteiger partial charge in [-0.2, -0.15) is 0 Å². The fraction of sp³-hybridized carbons (Fsp3) is 0.0952. The Morgan fingerprint density at radius 3 is 2.64 bits per heavy atom. The Bertz CT molecular complexity index is 1150. The summed E-state index contributed by atoms with van der Waals surface area (Å²) < 4.78 is 5.19. The number of aromatic nitrogens is 1. The third-order valence-electron chi connectivity index (χ3n) is 4.33. The van der Waals surface area contributed by atoms with Crippen molar-refractivity contribution in [3.8, 4) is 11.1 Å². The Morgan fingerprint density at radius 2 is 1.82 bits per heavy atom. The topological polar surface area (TPSA) is 84.2 Å². The summed E-state index contributed by atoms with van der Waals surface area (Å²) in [4.78, 5) is 25.3. The van der Waals surface area contributed by atoms with E-state index in [1.807, 2.05) is 60.8 Å². The number of fused-ring (bicyclic) bond motifs is 1. The summed E-state index contributed by atoms with van der Waals surface area (Å²) in [5, 5.41) is 6.56. The van der Waals surface area contributed by atoms with Gasteiger partial charge in [0.1, 0.15) is 10.6 Å². The highest BCUT2D eigenvalue weighted by atomic mass is 32.1. The smallest absolute Gasteiger partial charge is 0.280 e. The van der Waals surface area contributed by atoms with E-state index in [9.17, 15) is 9.59 Å². The van der Waals surface area contributed by atoms with Gasteiger partial charge in [0, 0.05) is 10.9 Å². The van der Waals surface area contributed by atoms with Crippen molar-refractivity contribution in [3.05, 3.63) is 76.1 Å². The first-order valence-electron chi connectivity index (χ1n) is 8.69. The lowest BCUT2D eigenvalue weighted by molar-refractivity contribution is -0.121. The number of hydrogen-bond donors (Lipinski definition) is 2. The van der Waals surface area contributed by atoms with Crippen molar-refractivity contribution in [3.63, 3.8) is 0 Å². The van der Waals surface area contributed by atoms with Crippen LogP contribution in [-0.4, -0.2) is 17.0 Å². The summed E-state index contributed by atoms with van der Waals surface area (Å²) in [7, 11) is 0. The molecule has 0 radical (unpaired) electrons. The summed E-state index contributed by atoms with van der Waals surface area (Å²) in [6.07, 6.45) is 0.00650. The van der Waals surface area contributed by atoms with E-state index in [0.29, 0.717) is 16.2 Å². The predicted octanol–water partition coefficient (Wildman–Crippen LogP) is 3.87. The maximum absolute atomic E-state index is 12.5. The molecule has 2 aromatic heterocycles. The summed E-state index contributed by atoms with van der Waals surface area (Å²) in [5.74, 6) is -0.732. The van der Waals surface area contributed by atoms with Crippen LogP contribution in [-0.2, 0) is 11.2 Å². The minimum atomic E-state index is -0.374. The maximum atomic E-state index is 12.5. The Balaban J connectivity index is 1.41. The molecule has 0 unspecified atom stereocenters. The SMILES string of the molecule is Cc1ccc(-c2ccsc2C(=O)NNC(=O)Cc2noc3ccccc23)cc1. The lowest BCUT2D eigenvalue weighted by Gasteiger charge is -2.08. The molecule has 4 aromatic rings. The number of amides is 2. The fourth-order valence-electron chi connectivity index (χ4n) is 2.89. The highest BCUT2D eigenvalue weighted by molar-refractivity contribution is 7.12. The predicted molar refractivity (Wildman–Crippen MR) is 108 cm³/mol. The number of rotatable bonds is 4. The molecule has 0 saturated heterocycles. The molecular formula is C21H17N3O3S. The van der Waals surface area contributed by atoms with E-state index < -0.39 is 0 Å². The highest BCUT2D eigenvalue weighted by Crippen LogP contribution is 2.28. The zero-order valence-electron chi connectivity index (χ0n) is 15.1. The molecule has 2 N–H and O–H groups in total. The number of nitrogens with zero attached hydrogens (tertiary/aromatic N) is 1. The van der Waals surface area contributed by atoms with E-state index in [0.717, 1.165) is 22.1 Å². The molecule has 2 heterocycles. The normalized spacial score (nSPS) is 10.8. The molecule has 0 aliphatic rings. The van der Waals surface area contributed by atoms with E-state index in [1.165, 1.54) is 11.3 Å². The molecule has 2 aromatic carbocycles. The third-order valence-corrected chi connectivity index (χ3v) is 5.24. The number of benzene rings is 2. The van der Waals surface area contributed by atoms with Crippen LogP contribution in [0.15, 0.2) is 64.5 Å². The van der Waals surface area contributed by atoms with Gasteiger partial charge in [-0.05, 0) is 36.1 Å². The maximum Gasteiger partial charge on any atom is 0.280 e. The first-order chi connectivity index (χ1) is 13.6. The molecular weight excluding hydrogens is 374 g/mol. The molecule has 6 nitrogen and oxygen atoms in total. The van der Waals surface area contributed by atoms with Crippen LogP contribution in [0.1, 0.15) is 20.9 Å². The van der Waals surface area contributed by atoms with Crippen LogP contribution in [0.3, 0.4) is 0 Å². The first kappa shape index (κ1) is 17.9. The molecule has 0 fully saturated rings. The van der Waals surface area contributed by atoms with Gasteiger partial charge in [0.05, 0.1) is 6.42 Å². The molecule has 0 spiro atoms. The molecule has 0 aliphatic heterocycles. The lowest BCUT2D eigenvalue weighted by Crippen LogP contribution is -2.42. The number of carbonyl (C=O) groups is 2. The first-order valence-corrected chi connectivity index (χ1v) is 9.57. The minimum absolute atomic E-state index is 0.00650. The van der Waals surface area contributed by atoms with Crippen LogP contribution < -0.4 is 10.9 Å². The summed E-state index contributed by atoms with van der Waals surface area (Å²) >= 11 is 1.32. The van der Waals surface area contributed by atoms with Crippen molar-refractivity contribution < 1.29 is 14.1 Å². The average Bonchev–Trinajstić information content (AvgIpc) is 3.35. The minimum Gasteiger partial charge on any atom is -0.356 e. The number of thiophene rings is 1. The third kappa shape index (κ3) is 3.65. The van der Waals surface area contributed by atoms with Crippen LogP contribution >= 0.6 is 11.3 Å². The van der Waals surface area contributed by atoms with Crippen molar-refractivity contribution in [2.45, 2.75) is 13.3 Å². The number of nitrogens with one attached hydrogen (secondary N) is 2. The van der Waals surface area contributed by atoms with Crippen molar-refractivity contribution in [2.24, 2.45) is 0 Å². The van der Waals surface area contributed by atoms with Gasteiger partial charge in [-0.25, -0.2) is 0 Å². The molecule has 7 heteroatoms. The van der Waals surface area contributed by atoms with Crippen LogP contribution in [0.2, 0.25) is 0 Å². The molecule has 2 amide bonds. The standard InChI is InChI=1S/C21H17N3O3S/c1-13-6-8-14(9-7-13)15-10-11-28-20(15)21(26)23-22-19(25)12-17-16-4-2-3-5-18(16)27-24-17/h2-11H,12H2,1H3,(H,22,25)(H,23,26). The van der Waals surface area contributed by atoms with Crippen LogP contribution in [0.5, 0.6) is 0 Å². The lowest BCUT2D eigenvalue weighted by atomic mass is 10.1. The molecule has 4 rings (SSSR count). The highest BCUT2D eigenvalue weighted by Gasteiger charge is 2.16. The Morgan fingerprint density at radius 1 is 1.04 bits per heavy atom. The average molecular weight is 391 g/mol. The van der Waals surface area contributed by atoms with Crippen molar-refractivity contribution in [2.75, 3.05) is 0 Å². The molecule has 140 valence electrons. The summed E-state index contributed by atoms with van der Waals surface area (Å²) in [6, 6.07) is 17.2. The molecule has 0 atom stereocenters. The van der Waals surface area contributed by atoms with Crippen molar-refractivity contribution in [1.82, 2.24) is 16.0 Å². The van der Waals surface area contributed by atoms with Crippen molar-refractivity contribution >= 4 is 34.1 Å². The van der Waals surface area contributed by atoms with E-state index in [2.05, 4.69) is 16.0 Å². The zero-order valence-corrected chi connectivity index (χ0v) is 15.9. The number of carbonyl (C=O) groups excluding carboxylic acids is 2. The summed E-state index contributed by atoms with van der Waals surface area (Å²) in [6.45, 7) is 2.01. The van der Waals surface area contributed by atoms with Crippen LogP contribution in [0.4, 0.5) is 0 Å². The molecule has 28 heavy (non-hydrogen) atoms. The Kier molecular flexibility index (Phi) is 4.90. The van der Waals surface area contributed by atoms with E-state index in [1.54, 1.807) is 6.07 Å². The quantitative estimate of drug-likeness (QED) is 0.517. The second kappa shape index (κ2) is 7.66. The molecule has 0 bridgehead atoms. The van der Waals surface area contributed by atoms with Gasteiger partial charge >= 0.3 is 0 Å². The van der Waals surface area contributed by atoms with Gasteiger partial charge in [0.25, 0.3) is 5.91 Å².